The smallest absolute Gasteiger partial charge is 0.338 e. The van der Waals surface area contributed by atoms with Gasteiger partial charge in [0.1, 0.15) is 31.8 Å². The van der Waals surface area contributed by atoms with E-state index in [1.165, 1.54) is 17.6 Å². The third kappa shape index (κ3) is 2.98. The summed E-state index contributed by atoms with van der Waals surface area (Å²) in [5, 5.41) is 1.95. The average molecular weight is 343 g/mol. The van der Waals surface area contributed by atoms with Crippen LogP contribution in [-0.4, -0.2) is 24.2 Å². The number of carbonyl (C=O) groups is 1. The number of aromatic nitrogens is 1. The van der Waals surface area contributed by atoms with Gasteiger partial charge in [-0.15, -0.1) is 11.3 Å². The number of hydrogen-bond acceptors (Lipinski definition) is 7. The number of nitrogens with zero attached hydrogens (tertiary/aromatic N) is 1. The highest BCUT2D eigenvalue weighted by Crippen LogP contribution is 2.31. The number of oxazole rings is 1. The van der Waals surface area contributed by atoms with Gasteiger partial charge in [0.15, 0.2) is 11.5 Å². The first-order valence-corrected chi connectivity index (χ1v) is 8.22. The predicted octanol–water partition coefficient (Wildman–Crippen LogP) is 3.53. The maximum absolute atomic E-state index is 12.2. The molecular formula is C17H13NO5S. The van der Waals surface area contributed by atoms with Gasteiger partial charge in [-0.05, 0) is 29.6 Å². The van der Waals surface area contributed by atoms with Crippen molar-refractivity contribution in [3.63, 3.8) is 0 Å². The Kier molecular flexibility index (Phi) is 3.92. The van der Waals surface area contributed by atoms with Crippen molar-refractivity contribution in [1.29, 1.82) is 0 Å². The Morgan fingerprint density at radius 3 is 2.92 bits per heavy atom. The fourth-order valence-electron chi connectivity index (χ4n) is 2.28. The summed E-state index contributed by atoms with van der Waals surface area (Å²) in [5.41, 5.74) is 0.963. The maximum atomic E-state index is 12.2. The molecule has 0 atom stereocenters. The number of carbonyl (C=O) groups excluding carboxylic acids is 1. The van der Waals surface area contributed by atoms with E-state index in [2.05, 4.69) is 4.98 Å². The Hall–Kier alpha value is -2.80. The van der Waals surface area contributed by atoms with Gasteiger partial charge in [-0.2, -0.15) is 0 Å². The SMILES string of the molecule is O=C(OCc1coc(-c2cccs2)n1)c1ccc2c(c1)OCCO2. The largest absolute Gasteiger partial charge is 0.486 e. The second kappa shape index (κ2) is 6.37. The molecule has 1 aromatic carbocycles. The molecule has 3 aromatic rings. The highest BCUT2D eigenvalue weighted by molar-refractivity contribution is 7.13. The molecule has 2 aromatic heterocycles. The van der Waals surface area contributed by atoms with Crippen LogP contribution in [0, 0.1) is 0 Å². The van der Waals surface area contributed by atoms with E-state index in [1.807, 2.05) is 17.5 Å². The Labute approximate surface area is 141 Å². The molecule has 0 amide bonds. The second-order valence-corrected chi connectivity index (χ2v) is 6.00. The molecule has 0 saturated carbocycles. The molecule has 0 fully saturated rings. The molecule has 24 heavy (non-hydrogen) atoms. The standard InChI is InChI=1S/C17H13NO5S/c19-17(11-3-4-13-14(8-11)21-6-5-20-13)23-10-12-9-22-16(18-12)15-2-1-7-24-15/h1-4,7-9H,5-6,10H2. The molecule has 1 aliphatic rings. The van der Waals surface area contributed by atoms with Gasteiger partial charge in [0.2, 0.25) is 5.89 Å². The minimum atomic E-state index is -0.451. The summed E-state index contributed by atoms with van der Waals surface area (Å²) in [6.45, 7) is 1.02. The summed E-state index contributed by atoms with van der Waals surface area (Å²) in [4.78, 5) is 17.4. The number of thiophene rings is 1. The molecule has 122 valence electrons. The monoisotopic (exact) mass is 343 g/mol. The van der Waals surface area contributed by atoms with E-state index < -0.39 is 5.97 Å². The zero-order valence-electron chi connectivity index (χ0n) is 12.6. The van der Waals surface area contributed by atoms with Crippen LogP contribution in [0.2, 0.25) is 0 Å². The molecular weight excluding hydrogens is 330 g/mol. The normalized spacial score (nSPS) is 12.8. The summed E-state index contributed by atoms with van der Waals surface area (Å²) in [6, 6.07) is 8.82. The number of benzene rings is 1. The minimum Gasteiger partial charge on any atom is -0.486 e. The molecule has 0 bridgehead atoms. The fraction of sp³-hybridized carbons (Fsp3) is 0.176. The van der Waals surface area contributed by atoms with Crippen molar-refractivity contribution in [3.8, 4) is 22.3 Å². The first-order valence-electron chi connectivity index (χ1n) is 7.34. The van der Waals surface area contributed by atoms with Crippen LogP contribution in [0.5, 0.6) is 11.5 Å². The van der Waals surface area contributed by atoms with Crippen LogP contribution in [0.3, 0.4) is 0 Å². The molecule has 4 rings (SSSR count). The third-order valence-corrected chi connectivity index (χ3v) is 4.27. The van der Waals surface area contributed by atoms with Crippen molar-refractivity contribution >= 4 is 17.3 Å². The highest BCUT2D eigenvalue weighted by Gasteiger charge is 2.16. The summed E-state index contributed by atoms with van der Waals surface area (Å²) in [7, 11) is 0. The van der Waals surface area contributed by atoms with Crippen molar-refractivity contribution in [2.45, 2.75) is 6.61 Å². The van der Waals surface area contributed by atoms with Crippen molar-refractivity contribution in [2.75, 3.05) is 13.2 Å². The van der Waals surface area contributed by atoms with E-state index >= 15 is 0 Å². The van der Waals surface area contributed by atoms with Crippen LogP contribution < -0.4 is 9.47 Å². The van der Waals surface area contributed by atoms with E-state index in [-0.39, 0.29) is 6.61 Å². The van der Waals surface area contributed by atoms with Gasteiger partial charge in [-0.25, -0.2) is 9.78 Å². The van der Waals surface area contributed by atoms with E-state index in [1.54, 1.807) is 18.2 Å². The first-order chi connectivity index (χ1) is 11.8. The summed E-state index contributed by atoms with van der Waals surface area (Å²) >= 11 is 1.53. The van der Waals surface area contributed by atoms with E-state index in [9.17, 15) is 4.79 Å². The van der Waals surface area contributed by atoms with Crippen molar-refractivity contribution in [3.05, 3.63) is 53.2 Å². The molecule has 0 saturated heterocycles. The van der Waals surface area contributed by atoms with E-state index in [0.717, 1.165) is 4.88 Å². The quantitative estimate of drug-likeness (QED) is 0.675. The molecule has 0 N–H and O–H groups in total. The lowest BCUT2D eigenvalue weighted by molar-refractivity contribution is 0.0466. The Morgan fingerprint density at radius 2 is 2.08 bits per heavy atom. The van der Waals surface area contributed by atoms with Crippen LogP contribution in [0.25, 0.3) is 10.8 Å². The zero-order chi connectivity index (χ0) is 16.4. The fourth-order valence-corrected chi connectivity index (χ4v) is 2.94. The van der Waals surface area contributed by atoms with Gasteiger partial charge >= 0.3 is 5.97 Å². The van der Waals surface area contributed by atoms with Gasteiger partial charge in [0.05, 0.1) is 10.4 Å². The maximum Gasteiger partial charge on any atom is 0.338 e. The third-order valence-electron chi connectivity index (χ3n) is 3.41. The average Bonchev–Trinajstić information content (AvgIpc) is 3.30. The van der Waals surface area contributed by atoms with Crippen molar-refractivity contribution in [2.24, 2.45) is 0 Å². The molecule has 1 aliphatic heterocycles. The molecule has 0 unspecified atom stereocenters. The van der Waals surface area contributed by atoms with E-state index in [4.69, 9.17) is 18.6 Å². The van der Waals surface area contributed by atoms with Gasteiger partial charge in [-0.1, -0.05) is 6.07 Å². The Morgan fingerprint density at radius 1 is 1.21 bits per heavy atom. The lowest BCUT2D eigenvalue weighted by Crippen LogP contribution is -2.16. The number of esters is 1. The molecule has 7 heteroatoms. The van der Waals surface area contributed by atoms with Crippen LogP contribution in [-0.2, 0) is 11.3 Å². The second-order valence-electron chi connectivity index (χ2n) is 5.06. The van der Waals surface area contributed by atoms with E-state index in [0.29, 0.717) is 41.9 Å². The summed E-state index contributed by atoms with van der Waals surface area (Å²) < 4.78 is 21.6. The van der Waals surface area contributed by atoms with Gasteiger partial charge in [0, 0.05) is 0 Å². The molecule has 6 nitrogen and oxygen atoms in total. The Bertz CT molecular complexity index is 856. The zero-order valence-corrected chi connectivity index (χ0v) is 13.4. The molecule has 0 spiro atoms. The van der Waals surface area contributed by atoms with Gasteiger partial charge in [-0.3, -0.25) is 0 Å². The Balaban J connectivity index is 1.41. The van der Waals surface area contributed by atoms with Crippen LogP contribution >= 0.6 is 11.3 Å². The van der Waals surface area contributed by atoms with Crippen molar-refractivity contribution < 1.29 is 23.4 Å². The molecule has 0 radical (unpaired) electrons. The van der Waals surface area contributed by atoms with Crippen LogP contribution in [0.15, 0.2) is 46.4 Å². The van der Waals surface area contributed by atoms with Crippen LogP contribution in [0.1, 0.15) is 16.1 Å². The van der Waals surface area contributed by atoms with Gasteiger partial charge < -0.3 is 18.6 Å². The number of hydrogen-bond donors (Lipinski definition) is 0. The molecule has 0 aliphatic carbocycles. The van der Waals surface area contributed by atoms with Crippen molar-refractivity contribution in [1.82, 2.24) is 4.98 Å². The lowest BCUT2D eigenvalue weighted by atomic mass is 10.2. The van der Waals surface area contributed by atoms with Gasteiger partial charge in [0.25, 0.3) is 0 Å². The minimum absolute atomic E-state index is 0.0438. The summed E-state index contributed by atoms with van der Waals surface area (Å²) in [6.07, 6.45) is 1.49. The number of fused-ring (bicyclic) bond motifs is 1. The predicted molar refractivity (Wildman–Crippen MR) is 86.4 cm³/mol. The number of ether oxygens (including phenoxy) is 3. The topological polar surface area (TPSA) is 70.8 Å². The number of rotatable bonds is 4. The lowest BCUT2D eigenvalue weighted by Gasteiger charge is -2.18. The molecule has 3 heterocycles. The van der Waals surface area contributed by atoms with Crippen LogP contribution in [0.4, 0.5) is 0 Å². The summed E-state index contributed by atoms with van der Waals surface area (Å²) in [5.74, 6) is 1.26. The highest BCUT2D eigenvalue weighted by atomic mass is 32.1. The first kappa shape index (κ1) is 14.8.